The fraction of sp³-hybridized carbons (Fsp3) is 0.619. The van der Waals surface area contributed by atoms with Crippen LogP contribution in [0.2, 0.25) is 0 Å². The molecule has 0 aliphatic carbocycles. The van der Waals surface area contributed by atoms with Gasteiger partial charge in [-0.2, -0.15) is 0 Å². The molecule has 1 aromatic rings. The summed E-state index contributed by atoms with van der Waals surface area (Å²) in [6, 6.07) is 7.28. The maximum absolute atomic E-state index is 12.8. The zero-order valence-corrected chi connectivity index (χ0v) is 18.0. The molecule has 6 nitrogen and oxygen atoms in total. The molecule has 2 N–H and O–H groups in total. The number of anilines is 1. The average Bonchev–Trinajstić information content (AvgIpc) is 2.68. The zero-order valence-electron chi connectivity index (χ0n) is 17.2. The van der Waals surface area contributed by atoms with Crippen molar-refractivity contribution in [3.8, 4) is 5.75 Å². The number of para-hydroxylation sites is 2. The quantitative estimate of drug-likeness (QED) is 0.653. The van der Waals surface area contributed by atoms with Gasteiger partial charge in [0.25, 0.3) is 0 Å². The van der Waals surface area contributed by atoms with Gasteiger partial charge in [-0.3, -0.25) is 9.59 Å². The fourth-order valence-electron chi connectivity index (χ4n) is 3.61. The number of ether oxygens (including phenoxy) is 1. The highest BCUT2D eigenvalue weighted by Gasteiger charge is 2.25. The van der Waals surface area contributed by atoms with Gasteiger partial charge in [0.15, 0.2) is 0 Å². The fourth-order valence-corrected chi connectivity index (χ4v) is 3.61. The number of carbonyl (C=O) groups is 2. The summed E-state index contributed by atoms with van der Waals surface area (Å²) in [5.74, 6) is 1.33. The Balaban J connectivity index is 0.00000392. The van der Waals surface area contributed by atoms with Gasteiger partial charge in [-0.25, -0.2) is 0 Å². The van der Waals surface area contributed by atoms with E-state index in [-0.39, 0.29) is 30.8 Å². The molecule has 1 aromatic carbocycles. The molecule has 1 heterocycles. The van der Waals surface area contributed by atoms with E-state index < -0.39 is 0 Å². The summed E-state index contributed by atoms with van der Waals surface area (Å²) < 4.78 is 5.26. The third-order valence-corrected chi connectivity index (χ3v) is 5.20. The van der Waals surface area contributed by atoms with E-state index in [1.54, 1.807) is 24.1 Å². The molecule has 0 aromatic heterocycles. The van der Waals surface area contributed by atoms with Crippen LogP contribution in [-0.2, 0) is 9.59 Å². The molecule has 158 valence electrons. The van der Waals surface area contributed by atoms with E-state index in [4.69, 9.17) is 4.74 Å². The van der Waals surface area contributed by atoms with E-state index in [2.05, 4.69) is 17.6 Å². The summed E-state index contributed by atoms with van der Waals surface area (Å²) >= 11 is 0. The van der Waals surface area contributed by atoms with Crippen molar-refractivity contribution in [1.29, 1.82) is 0 Å². The summed E-state index contributed by atoms with van der Waals surface area (Å²) in [7, 11) is 1.57. The monoisotopic (exact) mass is 411 g/mol. The Morgan fingerprint density at radius 3 is 2.75 bits per heavy atom. The molecule has 28 heavy (non-hydrogen) atoms. The minimum Gasteiger partial charge on any atom is -0.495 e. The molecule has 1 saturated heterocycles. The van der Waals surface area contributed by atoms with Crippen LogP contribution in [0, 0.1) is 11.8 Å². The van der Waals surface area contributed by atoms with E-state index in [0.29, 0.717) is 36.2 Å². The lowest BCUT2D eigenvalue weighted by Gasteiger charge is -2.30. The molecule has 2 atom stereocenters. The lowest BCUT2D eigenvalue weighted by molar-refractivity contribution is -0.135. The standard InChI is InChI=1S/C21H33N3O3.ClH/c1-4-12-24(21(26)13-16(2)17-8-7-11-22-14-17)15-20(25)23-18-9-5-6-10-19(18)27-3;/h5-6,9-10,16-17,22H,4,7-8,11-15H2,1-3H3,(H,23,25);1H. The second-order valence-electron chi connectivity index (χ2n) is 7.35. The number of carbonyl (C=O) groups excluding carboxylic acids is 2. The van der Waals surface area contributed by atoms with Gasteiger partial charge >= 0.3 is 0 Å². The number of piperidine rings is 1. The molecule has 1 aliphatic heterocycles. The second-order valence-corrected chi connectivity index (χ2v) is 7.35. The van der Waals surface area contributed by atoms with Crippen molar-refractivity contribution in [2.45, 2.75) is 39.5 Å². The molecule has 2 unspecified atom stereocenters. The summed E-state index contributed by atoms with van der Waals surface area (Å²) in [5.41, 5.74) is 0.621. The van der Waals surface area contributed by atoms with Gasteiger partial charge in [-0.05, 0) is 56.3 Å². The van der Waals surface area contributed by atoms with Crippen LogP contribution in [0.3, 0.4) is 0 Å². The van der Waals surface area contributed by atoms with Crippen LogP contribution in [-0.4, -0.2) is 50.0 Å². The normalized spacial score (nSPS) is 17.2. The number of hydrogen-bond donors (Lipinski definition) is 2. The van der Waals surface area contributed by atoms with Gasteiger partial charge in [0, 0.05) is 13.0 Å². The van der Waals surface area contributed by atoms with Gasteiger partial charge in [-0.15, -0.1) is 12.4 Å². The molecular weight excluding hydrogens is 378 g/mol. The number of benzene rings is 1. The molecule has 0 saturated carbocycles. The van der Waals surface area contributed by atoms with Crippen molar-refractivity contribution >= 4 is 29.9 Å². The van der Waals surface area contributed by atoms with Crippen molar-refractivity contribution in [2.24, 2.45) is 11.8 Å². The highest BCUT2D eigenvalue weighted by molar-refractivity contribution is 5.95. The van der Waals surface area contributed by atoms with E-state index in [0.717, 1.165) is 19.5 Å². The van der Waals surface area contributed by atoms with Crippen molar-refractivity contribution in [2.75, 3.05) is 38.6 Å². The molecule has 2 rings (SSSR count). The zero-order chi connectivity index (χ0) is 19.6. The average molecular weight is 412 g/mol. The largest absolute Gasteiger partial charge is 0.495 e. The number of rotatable bonds is 9. The Kier molecular flexibility index (Phi) is 10.9. The third-order valence-electron chi connectivity index (χ3n) is 5.20. The summed E-state index contributed by atoms with van der Waals surface area (Å²) in [5, 5.41) is 6.27. The Labute approximate surface area is 174 Å². The lowest BCUT2D eigenvalue weighted by atomic mass is 9.85. The van der Waals surface area contributed by atoms with Crippen LogP contribution in [0.1, 0.15) is 39.5 Å². The first kappa shape index (κ1) is 24.2. The number of hydrogen-bond acceptors (Lipinski definition) is 4. The van der Waals surface area contributed by atoms with Gasteiger partial charge < -0.3 is 20.3 Å². The van der Waals surface area contributed by atoms with Crippen molar-refractivity contribution in [3.05, 3.63) is 24.3 Å². The van der Waals surface area contributed by atoms with Gasteiger partial charge in [0.05, 0.1) is 19.3 Å². The number of methoxy groups -OCH3 is 1. The second kappa shape index (κ2) is 12.6. The van der Waals surface area contributed by atoms with E-state index >= 15 is 0 Å². The summed E-state index contributed by atoms with van der Waals surface area (Å²) in [6.07, 6.45) is 3.66. The molecule has 0 bridgehead atoms. The third kappa shape index (κ3) is 7.32. The summed E-state index contributed by atoms with van der Waals surface area (Å²) in [4.78, 5) is 27.0. The first-order valence-corrected chi connectivity index (χ1v) is 9.96. The van der Waals surface area contributed by atoms with E-state index in [1.807, 2.05) is 19.1 Å². The van der Waals surface area contributed by atoms with E-state index in [1.165, 1.54) is 12.8 Å². The molecular formula is C21H34ClN3O3. The van der Waals surface area contributed by atoms with Crippen LogP contribution in [0.4, 0.5) is 5.69 Å². The van der Waals surface area contributed by atoms with Gasteiger partial charge in [0.2, 0.25) is 11.8 Å². The van der Waals surface area contributed by atoms with E-state index in [9.17, 15) is 9.59 Å². The smallest absolute Gasteiger partial charge is 0.244 e. The minimum atomic E-state index is -0.201. The highest BCUT2D eigenvalue weighted by Crippen LogP contribution is 2.24. The van der Waals surface area contributed by atoms with Crippen molar-refractivity contribution in [1.82, 2.24) is 10.2 Å². The maximum Gasteiger partial charge on any atom is 0.244 e. The molecule has 2 amide bonds. The Morgan fingerprint density at radius 1 is 1.36 bits per heavy atom. The van der Waals surface area contributed by atoms with Crippen LogP contribution in [0.5, 0.6) is 5.75 Å². The SMILES string of the molecule is CCCN(CC(=O)Nc1ccccc1OC)C(=O)CC(C)C1CCCNC1.Cl. The Morgan fingerprint density at radius 2 is 2.11 bits per heavy atom. The maximum atomic E-state index is 12.8. The Hall–Kier alpha value is -1.79. The van der Waals surface area contributed by atoms with Crippen LogP contribution >= 0.6 is 12.4 Å². The van der Waals surface area contributed by atoms with Crippen molar-refractivity contribution in [3.63, 3.8) is 0 Å². The topological polar surface area (TPSA) is 70.7 Å². The molecule has 7 heteroatoms. The Bertz CT molecular complexity index is 621. The molecule has 0 radical (unpaired) electrons. The van der Waals surface area contributed by atoms with Gasteiger partial charge in [0.1, 0.15) is 5.75 Å². The van der Waals surface area contributed by atoms with Crippen LogP contribution in [0.25, 0.3) is 0 Å². The first-order chi connectivity index (χ1) is 13.0. The van der Waals surface area contributed by atoms with Crippen molar-refractivity contribution < 1.29 is 14.3 Å². The number of nitrogens with zero attached hydrogens (tertiary/aromatic N) is 1. The minimum absolute atomic E-state index is 0. The summed E-state index contributed by atoms with van der Waals surface area (Å²) in [6.45, 7) is 6.88. The number of amides is 2. The lowest BCUT2D eigenvalue weighted by Crippen LogP contribution is -2.41. The highest BCUT2D eigenvalue weighted by atomic mass is 35.5. The van der Waals surface area contributed by atoms with Crippen LogP contribution in [0.15, 0.2) is 24.3 Å². The molecule has 1 aliphatic rings. The first-order valence-electron chi connectivity index (χ1n) is 9.96. The van der Waals surface area contributed by atoms with Crippen LogP contribution < -0.4 is 15.4 Å². The van der Waals surface area contributed by atoms with Gasteiger partial charge in [-0.1, -0.05) is 26.0 Å². The number of halogens is 1. The molecule has 1 fully saturated rings. The predicted molar refractivity (Wildman–Crippen MR) is 115 cm³/mol. The predicted octanol–water partition coefficient (Wildman–Crippen LogP) is 3.32. The number of nitrogens with one attached hydrogen (secondary N) is 2. The molecule has 0 spiro atoms.